The van der Waals surface area contributed by atoms with Gasteiger partial charge in [0.2, 0.25) is 0 Å². The van der Waals surface area contributed by atoms with Gasteiger partial charge in [-0.3, -0.25) is 4.79 Å². The topological polar surface area (TPSA) is 79.5 Å². The highest BCUT2D eigenvalue weighted by Crippen LogP contribution is 2.24. The van der Waals surface area contributed by atoms with Crippen molar-refractivity contribution in [2.75, 3.05) is 5.32 Å². The highest BCUT2D eigenvalue weighted by molar-refractivity contribution is 6.30. The minimum Gasteiger partial charge on any atom is -0.478 e. The Morgan fingerprint density at radius 1 is 0.958 bits per heavy atom. The minimum absolute atomic E-state index is 0.00957. The third kappa shape index (κ3) is 3.31. The predicted molar refractivity (Wildman–Crippen MR) is 90.5 cm³/mol. The first kappa shape index (κ1) is 15.8. The van der Waals surface area contributed by atoms with Gasteiger partial charge in [0.25, 0.3) is 5.91 Å². The van der Waals surface area contributed by atoms with Gasteiger partial charge >= 0.3 is 5.97 Å². The SMILES string of the molecule is O=C(Nc1ccccc1C(=O)O)c1ccc(-c2ccc(Cl)cc2)o1. The van der Waals surface area contributed by atoms with Crippen molar-refractivity contribution in [3.63, 3.8) is 0 Å². The number of benzene rings is 2. The molecule has 0 radical (unpaired) electrons. The first-order valence-corrected chi connectivity index (χ1v) is 7.42. The van der Waals surface area contributed by atoms with Gasteiger partial charge in [0, 0.05) is 10.6 Å². The van der Waals surface area contributed by atoms with Crippen LogP contribution in [0.2, 0.25) is 5.02 Å². The Hall–Kier alpha value is -3.05. The van der Waals surface area contributed by atoms with E-state index in [9.17, 15) is 9.59 Å². The maximum Gasteiger partial charge on any atom is 0.337 e. The Balaban J connectivity index is 1.82. The molecule has 0 aliphatic carbocycles. The molecule has 0 spiro atoms. The number of carboxylic acid groups (broad SMARTS) is 1. The van der Waals surface area contributed by atoms with E-state index in [1.54, 1.807) is 42.5 Å². The molecular formula is C18H12ClNO4. The lowest BCUT2D eigenvalue weighted by Gasteiger charge is -2.06. The number of furan rings is 1. The Morgan fingerprint density at radius 2 is 1.67 bits per heavy atom. The third-order valence-electron chi connectivity index (χ3n) is 3.36. The van der Waals surface area contributed by atoms with Crippen molar-refractivity contribution in [2.45, 2.75) is 0 Å². The molecule has 1 amide bonds. The lowest BCUT2D eigenvalue weighted by molar-refractivity contribution is 0.0698. The number of hydrogen-bond donors (Lipinski definition) is 2. The lowest BCUT2D eigenvalue weighted by atomic mass is 10.2. The fourth-order valence-electron chi connectivity index (χ4n) is 2.19. The summed E-state index contributed by atoms with van der Waals surface area (Å²) in [5.74, 6) is -1.04. The Bertz CT molecular complexity index is 899. The molecule has 0 atom stereocenters. The normalized spacial score (nSPS) is 10.4. The Labute approximate surface area is 142 Å². The molecule has 0 unspecified atom stereocenters. The number of halogens is 1. The van der Waals surface area contributed by atoms with Gasteiger partial charge < -0.3 is 14.8 Å². The molecule has 5 nitrogen and oxygen atoms in total. The van der Waals surface area contributed by atoms with Gasteiger partial charge in [-0.1, -0.05) is 23.7 Å². The molecule has 120 valence electrons. The molecule has 1 heterocycles. The molecule has 24 heavy (non-hydrogen) atoms. The number of carboxylic acids is 1. The molecule has 2 aromatic carbocycles. The summed E-state index contributed by atoms with van der Waals surface area (Å²) in [5.41, 5.74) is 0.999. The third-order valence-corrected chi connectivity index (χ3v) is 3.62. The van der Waals surface area contributed by atoms with Crippen LogP contribution in [0.3, 0.4) is 0 Å². The highest BCUT2D eigenvalue weighted by atomic mass is 35.5. The summed E-state index contributed by atoms with van der Waals surface area (Å²) in [6, 6.07) is 16.4. The molecule has 2 N–H and O–H groups in total. The smallest absolute Gasteiger partial charge is 0.337 e. The number of aromatic carboxylic acids is 1. The van der Waals surface area contributed by atoms with Crippen molar-refractivity contribution in [3.05, 3.63) is 77.0 Å². The minimum atomic E-state index is -1.12. The molecule has 3 aromatic rings. The van der Waals surface area contributed by atoms with Gasteiger partial charge in [0.1, 0.15) is 5.76 Å². The molecule has 0 saturated heterocycles. The van der Waals surface area contributed by atoms with E-state index in [2.05, 4.69) is 5.32 Å². The van der Waals surface area contributed by atoms with Crippen LogP contribution in [-0.4, -0.2) is 17.0 Å². The van der Waals surface area contributed by atoms with Gasteiger partial charge in [-0.2, -0.15) is 0 Å². The van der Waals surface area contributed by atoms with Crippen LogP contribution >= 0.6 is 11.6 Å². The molecule has 0 fully saturated rings. The summed E-state index contributed by atoms with van der Waals surface area (Å²) in [6.45, 7) is 0. The van der Waals surface area contributed by atoms with Gasteiger partial charge in [-0.15, -0.1) is 0 Å². The molecule has 0 bridgehead atoms. The molecule has 0 aliphatic heterocycles. The van der Waals surface area contributed by atoms with Gasteiger partial charge in [-0.25, -0.2) is 4.79 Å². The maximum absolute atomic E-state index is 12.3. The standard InChI is InChI=1S/C18H12ClNO4/c19-12-7-5-11(6-8-12)15-9-10-16(24-15)17(21)20-14-4-2-1-3-13(14)18(22)23/h1-10H,(H,20,21)(H,22,23). The summed E-state index contributed by atoms with van der Waals surface area (Å²) in [4.78, 5) is 23.4. The van der Waals surface area contributed by atoms with Crippen LogP contribution < -0.4 is 5.32 Å². The Kier molecular flexibility index (Phi) is 4.35. The van der Waals surface area contributed by atoms with Crippen LogP contribution in [-0.2, 0) is 0 Å². The predicted octanol–water partition coefficient (Wildman–Crippen LogP) is 4.55. The van der Waals surface area contributed by atoms with Gasteiger partial charge in [-0.05, 0) is 48.5 Å². The van der Waals surface area contributed by atoms with Crippen molar-refractivity contribution in [1.29, 1.82) is 0 Å². The van der Waals surface area contributed by atoms with E-state index in [-0.39, 0.29) is 17.0 Å². The number of rotatable bonds is 4. The highest BCUT2D eigenvalue weighted by Gasteiger charge is 2.16. The van der Waals surface area contributed by atoms with Crippen molar-refractivity contribution in [3.8, 4) is 11.3 Å². The van der Waals surface area contributed by atoms with Crippen molar-refractivity contribution in [2.24, 2.45) is 0 Å². The summed E-state index contributed by atoms with van der Waals surface area (Å²) in [6.07, 6.45) is 0. The van der Waals surface area contributed by atoms with E-state index in [4.69, 9.17) is 21.1 Å². The monoisotopic (exact) mass is 341 g/mol. The summed E-state index contributed by atoms with van der Waals surface area (Å²) in [5, 5.41) is 12.3. The second-order valence-corrected chi connectivity index (χ2v) is 5.41. The quantitative estimate of drug-likeness (QED) is 0.729. The summed E-state index contributed by atoms with van der Waals surface area (Å²) in [7, 11) is 0. The molecule has 3 rings (SSSR count). The lowest BCUT2D eigenvalue weighted by Crippen LogP contribution is -2.14. The number of nitrogens with one attached hydrogen (secondary N) is 1. The van der Waals surface area contributed by atoms with Crippen LogP contribution in [0.5, 0.6) is 0 Å². The van der Waals surface area contributed by atoms with Crippen LogP contribution in [0.15, 0.2) is 65.1 Å². The van der Waals surface area contributed by atoms with Crippen LogP contribution in [0, 0.1) is 0 Å². The summed E-state index contributed by atoms with van der Waals surface area (Å²) < 4.78 is 5.54. The number of para-hydroxylation sites is 1. The molecule has 0 aliphatic rings. The van der Waals surface area contributed by atoms with Gasteiger partial charge in [0.05, 0.1) is 11.3 Å². The van der Waals surface area contributed by atoms with E-state index < -0.39 is 11.9 Å². The first-order chi connectivity index (χ1) is 11.5. The number of carbonyl (C=O) groups excluding carboxylic acids is 1. The zero-order valence-corrected chi connectivity index (χ0v) is 13.1. The van der Waals surface area contributed by atoms with Gasteiger partial charge in [0.15, 0.2) is 5.76 Å². The molecule has 0 saturated carbocycles. The maximum atomic E-state index is 12.3. The number of hydrogen-bond acceptors (Lipinski definition) is 3. The molecule has 1 aromatic heterocycles. The molecular weight excluding hydrogens is 330 g/mol. The zero-order valence-electron chi connectivity index (χ0n) is 12.3. The van der Waals surface area contributed by atoms with Crippen molar-refractivity contribution in [1.82, 2.24) is 0 Å². The second-order valence-electron chi connectivity index (χ2n) is 4.98. The van der Waals surface area contributed by atoms with Crippen LogP contribution in [0.4, 0.5) is 5.69 Å². The van der Waals surface area contributed by atoms with E-state index in [0.717, 1.165) is 5.56 Å². The van der Waals surface area contributed by atoms with E-state index in [1.165, 1.54) is 18.2 Å². The van der Waals surface area contributed by atoms with Crippen LogP contribution in [0.1, 0.15) is 20.9 Å². The second kappa shape index (κ2) is 6.60. The fourth-order valence-corrected chi connectivity index (χ4v) is 2.32. The number of amides is 1. The number of anilines is 1. The first-order valence-electron chi connectivity index (χ1n) is 7.04. The van der Waals surface area contributed by atoms with E-state index in [0.29, 0.717) is 10.8 Å². The number of carbonyl (C=O) groups is 2. The van der Waals surface area contributed by atoms with Crippen LogP contribution in [0.25, 0.3) is 11.3 Å². The van der Waals surface area contributed by atoms with E-state index in [1.807, 2.05) is 0 Å². The van der Waals surface area contributed by atoms with Crippen molar-refractivity contribution >= 4 is 29.2 Å². The largest absolute Gasteiger partial charge is 0.478 e. The summed E-state index contributed by atoms with van der Waals surface area (Å²) >= 11 is 5.84. The average Bonchev–Trinajstić information content (AvgIpc) is 3.06. The fraction of sp³-hybridized carbons (Fsp3) is 0. The average molecular weight is 342 g/mol. The molecule has 6 heteroatoms. The Morgan fingerprint density at radius 3 is 2.38 bits per heavy atom. The van der Waals surface area contributed by atoms with E-state index >= 15 is 0 Å². The van der Waals surface area contributed by atoms with Crippen molar-refractivity contribution < 1.29 is 19.1 Å². The zero-order chi connectivity index (χ0) is 17.1.